The minimum Gasteiger partial charge on any atom is -0.383 e. The third kappa shape index (κ3) is 4.07. The Balaban J connectivity index is 2.08. The van der Waals surface area contributed by atoms with E-state index in [0.717, 1.165) is 10.2 Å². The number of carbonyl (C=O) groups is 2. The van der Waals surface area contributed by atoms with Gasteiger partial charge in [-0.25, -0.2) is 0 Å². The molecule has 1 N–H and O–H groups in total. The summed E-state index contributed by atoms with van der Waals surface area (Å²) in [5.74, 6) is -0.414. The lowest BCUT2D eigenvalue weighted by molar-refractivity contribution is -0.114. The van der Waals surface area contributed by atoms with Gasteiger partial charge in [0.25, 0.3) is 5.91 Å². The fourth-order valence-corrected chi connectivity index (χ4v) is 3.66. The SMILES string of the molecule is COCCn1c(=NC(=O)c2ccccc2)sc2cc(NC(C)=O)ccc21. The number of nitrogens with zero attached hydrogens (tertiary/aromatic N) is 2. The molecule has 0 fully saturated rings. The number of thiazole rings is 1. The van der Waals surface area contributed by atoms with Crippen LogP contribution in [-0.2, 0) is 16.1 Å². The molecule has 2 aromatic carbocycles. The molecule has 1 heterocycles. The number of nitrogens with one attached hydrogen (secondary N) is 1. The number of fused-ring (bicyclic) bond motifs is 1. The van der Waals surface area contributed by atoms with Gasteiger partial charge in [-0.3, -0.25) is 9.59 Å². The van der Waals surface area contributed by atoms with E-state index >= 15 is 0 Å². The van der Waals surface area contributed by atoms with Crippen molar-refractivity contribution in [3.63, 3.8) is 0 Å². The third-order valence-corrected chi connectivity index (χ3v) is 4.78. The Morgan fingerprint density at radius 3 is 2.65 bits per heavy atom. The predicted molar refractivity (Wildman–Crippen MR) is 102 cm³/mol. The summed E-state index contributed by atoms with van der Waals surface area (Å²) in [6.07, 6.45) is 0. The maximum atomic E-state index is 12.5. The van der Waals surface area contributed by atoms with Gasteiger partial charge in [0.05, 0.1) is 16.8 Å². The summed E-state index contributed by atoms with van der Waals surface area (Å²) in [7, 11) is 1.63. The number of hydrogen-bond acceptors (Lipinski definition) is 4. The van der Waals surface area contributed by atoms with Crippen LogP contribution >= 0.6 is 11.3 Å². The molecule has 7 heteroatoms. The first kappa shape index (κ1) is 18.0. The molecule has 3 aromatic rings. The largest absolute Gasteiger partial charge is 0.383 e. The van der Waals surface area contributed by atoms with Gasteiger partial charge in [0.2, 0.25) is 5.91 Å². The van der Waals surface area contributed by atoms with Crippen molar-refractivity contribution in [2.24, 2.45) is 4.99 Å². The Morgan fingerprint density at radius 2 is 1.96 bits per heavy atom. The molecule has 0 unspecified atom stereocenters. The van der Waals surface area contributed by atoms with Gasteiger partial charge in [0.15, 0.2) is 4.80 Å². The number of amides is 2. The van der Waals surface area contributed by atoms with Crippen LogP contribution in [0.5, 0.6) is 0 Å². The van der Waals surface area contributed by atoms with E-state index in [4.69, 9.17) is 4.74 Å². The van der Waals surface area contributed by atoms with Crippen LogP contribution in [0.3, 0.4) is 0 Å². The molecule has 0 aliphatic heterocycles. The van der Waals surface area contributed by atoms with Gasteiger partial charge in [-0.1, -0.05) is 29.5 Å². The van der Waals surface area contributed by atoms with E-state index < -0.39 is 0 Å². The summed E-state index contributed by atoms with van der Waals surface area (Å²) in [5.41, 5.74) is 2.20. The normalized spacial score (nSPS) is 11.7. The van der Waals surface area contributed by atoms with Gasteiger partial charge in [-0.2, -0.15) is 4.99 Å². The Bertz CT molecular complexity index is 1010. The molecule has 2 amide bonds. The minimum absolute atomic E-state index is 0.127. The van der Waals surface area contributed by atoms with Crippen LogP contribution in [0, 0.1) is 0 Å². The fourth-order valence-electron chi connectivity index (χ4n) is 2.57. The molecule has 0 saturated heterocycles. The van der Waals surface area contributed by atoms with Crippen molar-refractivity contribution in [2.75, 3.05) is 19.0 Å². The van der Waals surface area contributed by atoms with Crippen LogP contribution in [0.2, 0.25) is 0 Å². The van der Waals surface area contributed by atoms with Gasteiger partial charge in [0.1, 0.15) is 0 Å². The lowest BCUT2D eigenvalue weighted by Gasteiger charge is -2.05. The smallest absolute Gasteiger partial charge is 0.279 e. The number of benzene rings is 2. The summed E-state index contributed by atoms with van der Waals surface area (Å²) in [4.78, 5) is 28.7. The topological polar surface area (TPSA) is 72.7 Å². The highest BCUT2D eigenvalue weighted by Crippen LogP contribution is 2.22. The average molecular weight is 369 g/mol. The lowest BCUT2D eigenvalue weighted by Crippen LogP contribution is -2.19. The monoisotopic (exact) mass is 369 g/mol. The molecule has 0 radical (unpaired) electrons. The highest BCUT2D eigenvalue weighted by atomic mass is 32.1. The maximum absolute atomic E-state index is 12.5. The average Bonchev–Trinajstić information content (AvgIpc) is 2.96. The van der Waals surface area contributed by atoms with Gasteiger partial charge in [-0.15, -0.1) is 0 Å². The molecule has 1 aromatic heterocycles. The molecule has 0 saturated carbocycles. The van der Waals surface area contributed by atoms with E-state index in [1.807, 2.05) is 41.0 Å². The summed E-state index contributed by atoms with van der Waals surface area (Å²) in [6.45, 7) is 2.56. The summed E-state index contributed by atoms with van der Waals surface area (Å²) in [6, 6.07) is 14.6. The molecule has 0 atom stereocenters. The Morgan fingerprint density at radius 1 is 1.19 bits per heavy atom. The number of methoxy groups -OCH3 is 1. The molecule has 0 bridgehead atoms. The lowest BCUT2D eigenvalue weighted by atomic mass is 10.2. The number of aromatic nitrogens is 1. The van der Waals surface area contributed by atoms with Crippen molar-refractivity contribution in [2.45, 2.75) is 13.5 Å². The van der Waals surface area contributed by atoms with Gasteiger partial charge in [-0.05, 0) is 30.3 Å². The summed E-state index contributed by atoms with van der Waals surface area (Å²) >= 11 is 1.41. The molecule has 6 nitrogen and oxygen atoms in total. The van der Waals surface area contributed by atoms with Crippen LogP contribution in [0.1, 0.15) is 17.3 Å². The van der Waals surface area contributed by atoms with E-state index in [1.165, 1.54) is 18.3 Å². The summed E-state index contributed by atoms with van der Waals surface area (Å²) in [5, 5.41) is 2.77. The van der Waals surface area contributed by atoms with E-state index in [-0.39, 0.29) is 11.8 Å². The number of hydrogen-bond donors (Lipinski definition) is 1. The summed E-state index contributed by atoms with van der Waals surface area (Å²) < 4.78 is 8.08. The zero-order valence-electron chi connectivity index (χ0n) is 14.6. The fraction of sp³-hybridized carbons (Fsp3) is 0.211. The van der Waals surface area contributed by atoms with Crippen molar-refractivity contribution in [1.29, 1.82) is 0 Å². The molecule has 134 valence electrons. The Labute approximate surface area is 154 Å². The number of ether oxygens (including phenoxy) is 1. The highest BCUT2D eigenvalue weighted by Gasteiger charge is 2.10. The molecule has 0 spiro atoms. The number of rotatable bonds is 5. The quantitative estimate of drug-likeness (QED) is 0.751. The first-order chi connectivity index (χ1) is 12.6. The van der Waals surface area contributed by atoms with Crippen molar-refractivity contribution in [3.8, 4) is 0 Å². The van der Waals surface area contributed by atoms with Crippen molar-refractivity contribution in [1.82, 2.24) is 4.57 Å². The second kappa shape index (κ2) is 8.07. The zero-order chi connectivity index (χ0) is 18.5. The van der Waals surface area contributed by atoms with Gasteiger partial charge in [0, 0.05) is 31.8 Å². The molecule has 26 heavy (non-hydrogen) atoms. The second-order valence-electron chi connectivity index (χ2n) is 5.68. The maximum Gasteiger partial charge on any atom is 0.279 e. The van der Waals surface area contributed by atoms with Crippen LogP contribution < -0.4 is 10.1 Å². The Hall–Kier alpha value is -2.77. The zero-order valence-corrected chi connectivity index (χ0v) is 15.4. The molecule has 0 aliphatic rings. The highest BCUT2D eigenvalue weighted by molar-refractivity contribution is 7.16. The first-order valence-electron chi connectivity index (χ1n) is 8.12. The second-order valence-corrected chi connectivity index (χ2v) is 6.68. The first-order valence-corrected chi connectivity index (χ1v) is 8.94. The van der Waals surface area contributed by atoms with Gasteiger partial charge < -0.3 is 14.6 Å². The van der Waals surface area contributed by atoms with Crippen LogP contribution in [0.25, 0.3) is 10.2 Å². The standard InChI is InChI=1S/C19H19N3O3S/c1-13(23)20-15-8-9-16-17(12-15)26-19(22(16)10-11-25-2)21-18(24)14-6-4-3-5-7-14/h3-9,12H,10-11H2,1-2H3,(H,20,23). The minimum atomic E-state index is -0.287. The van der Waals surface area contributed by atoms with Crippen LogP contribution in [0.15, 0.2) is 53.5 Å². The van der Waals surface area contributed by atoms with E-state index in [9.17, 15) is 9.59 Å². The van der Waals surface area contributed by atoms with Crippen molar-refractivity contribution in [3.05, 3.63) is 58.9 Å². The van der Waals surface area contributed by atoms with E-state index in [0.29, 0.717) is 29.2 Å². The molecular weight excluding hydrogens is 350 g/mol. The van der Waals surface area contributed by atoms with Crippen molar-refractivity contribution < 1.29 is 14.3 Å². The predicted octanol–water partition coefficient (Wildman–Crippen LogP) is 3.05. The Kier molecular flexibility index (Phi) is 5.60. The van der Waals surface area contributed by atoms with Crippen LogP contribution in [0.4, 0.5) is 5.69 Å². The number of anilines is 1. The molecule has 0 aliphatic carbocycles. The molecular formula is C19H19N3O3S. The van der Waals surface area contributed by atoms with Crippen molar-refractivity contribution >= 4 is 39.1 Å². The van der Waals surface area contributed by atoms with Gasteiger partial charge >= 0.3 is 0 Å². The van der Waals surface area contributed by atoms with E-state index in [1.54, 1.807) is 19.2 Å². The number of carbonyl (C=O) groups excluding carboxylic acids is 2. The van der Waals surface area contributed by atoms with E-state index in [2.05, 4.69) is 10.3 Å². The molecule has 3 rings (SSSR count). The third-order valence-electron chi connectivity index (χ3n) is 3.74. The van der Waals surface area contributed by atoms with Crippen LogP contribution in [-0.4, -0.2) is 30.1 Å².